The van der Waals surface area contributed by atoms with Crippen LogP contribution >= 0.6 is 0 Å². The molecule has 20 heavy (non-hydrogen) atoms. The number of benzene rings is 1. The van der Waals surface area contributed by atoms with Crippen molar-refractivity contribution in [3.8, 4) is 0 Å². The lowest BCUT2D eigenvalue weighted by Gasteiger charge is -2.47. The number of nitrogen functional groups attached to an aromatic ring is 1. The molecular formula is C15H24N4O. The van der Waals surface area contributed by atoms with E-state index in [-0.39, 0.29) is 11.4 Å². The number of rotatable bonds is 5. The maximum atomic E-state index is 12.3. The van der Waals surface area contributed by atoms with Crippen molar-refractivity contribution in [3.63, 3.8) is 0 Å². The summed E-state index contributed by atoms with van der Waals surface area (Å²) < 4.78 is 0. The van der Waals surface area contributed by atoms with E-state index in [1.54, 1.807) is 0 Å². The van der Waals surface area contributed by atoms with E-state index in [0.29, 0.717) is 17.8 Å². The summed E-state index contributed by atoms with van der Waals surface area (Å²) in [4.78, 5) is 14.5. The normalized spacial score (nSPS) is 16.6. The molecule has 5 heteroatoms. The number of nitrogens with zero attached hydrogens (tertiary/aromatic N) is 1. The van der Waals surface area contributed by atoms with Crippen LogP contribution in [0.2, 0.25) is 0 Å². The molecule has 0 aliphatic heterocycles. The van der Waals surface area contributed by atoms with Gasteiger partial charge in [-0.05, 0) is 58.0 Å². The molecule has 1 aliphatic rings. The van der Waals surface area contributed by atoms with Crippen LogP contribution in [0.1, 0.15) is 35.2 Å². The minimum Gasteiger partial charge on any atom is -0.350 e. The molecule has 0 atom stereocenters. The Morgan fingerprint density at radius 1 is 1.40 bits per heavy atom. The average molecular weight is 276 g/mol. The second-order valence-electron chi connectivity index (χ2n) is 5.85. The second kappa shape index (κ2) is 5.81. The van der Waals surface area contributed by atoms with Crippen molar-refractivity contribution < 1.29 is 4.79 Å². The Hall–Kier alpha value is -1.59. The number of carbonyl (C=O) groups is 1. The number of aryl methyl sites for hydroxylation is 1. The smallest absolute Gasteiger partial charge is 0.253 e. The molecule has 0 spiro atoms. The Morgan fingerprint density at radius 2 is 2.10 bits per heavy atom. The van der Waals surface area contributed by atoms with Gasteiger partial charge in [-0.2, -0.15) is 0 Å². The topological polar surface area (TPSA) is 70.4 Å². The molecule has 1 amide bonds. The molecule has 0 aromatic heterocycles. The molecule has 0 unspecified atom stereocenters. The number of carbonyl (C=O) groups excluding carboxylic acids is 1. The quantitative estimate of drug-likeness (QED) is 0.563. The lowest BCUT2D eigenvalue weighted by atomic mass is 9.75. The number of hydrazine groups is 1. The molecule has 110 valence electrons. The minimum absolute atomic E-state index is 0.0777. The standard InChI is InChI=1S/C15H24N4O/c1-11-5-6-12(13(9-11)18-16)14(20)17-10-15(19(2)3)7-4-8-15/h5-6,9,18H,4,7-8,10,16H2,1-3H3,(H,17,20). The first-order valence-corrected chi connectivity index (χ1v) is 7.01. The minimum atomic E-state index is -0.0777. The largest absolute Gasteiger partial charge is 0.350 e. The maximum Gasteiger partial charge on any atom is 0.253 e. The Kier molecular flexibility index (Phi) is 4.30. The number of hydrogen-bond acceptors (Lipinski definition) is 4. The van der Waals surface area contributed by atoms with Crippen LogP contribution in [0.25, 0.3) is 0 Å². The van der Waals surface area contributed by atoms with Gasteiger partial charge in [-0.15, -0.1) is 0 Å². The first-order valence-electron chi connectivity index (χ1n) is 7.01. The summed E-state index contributed by atoms with van der Waals surface area (Å²) in [7, 11) is 4.15. The molecule has 1 aliphatic carbocycles. The summed E-state index contributed by atoms with van der Waals surface area (Å²) in [6.45, 7) is 2.65. The van der Waals surface area contributed by atoms with Crippen molar-refractivity contribution in [1.29, 1.82) is 0 Å². The molecule has 2 rings (SSSR count). The molecule has 0 saturated heterocycles. The highest BCUT2D eigenvalue weighted by molar-refractivity contribution is 5.99. The third-order valence-electron chi connectivity index (χ3n) is 4.39. The van der Waals surface area contributed by atoms with Gasteiger partial charge in [-0.3, -0.25) is 10.6 Å². The summed E-state index contributed by atoms with van der Waals surface area (Å²) in [5, 5.41) is 3.04. The highest BCUT2D eigenvalue weighted by Crippen LogP contribution is 2.35. The van der Waals surface area contributed by atoms with Crippen molar-refractivity contribution in [1.82, 2.24) is 10.2 Å². The zero-order chi connectivity index (χ0) is 14.8. The Balaban J connectivity index is 2.05. The average Bonchev–Trinajstić information content (AvgIpc) is 2.36. The molecular weight excluding hydrogens is 252 g/mol. The van der Waals surface area contributed by atoms with E-state index in [1.807, 2.05) is 25.1 Å². The SMILES string of the molecule is Cc1ccc(C(=O)NCC2(N(C)C)CCC2)c(NN)c1. The molecule has 0 bridgehead atoms. The molecule has 5 nitrogen and oxygen atoms in total. The van der Waals surface area contributed by atoms with Gasteiger partial charge in [0.25, 0.3) is 5.91 Å². The van der Waals surface area contributed by atoms with Crippen LogP contribution < -0.4 is 16.6 Å². The summed E-state index contributed by atoms with van der Waals surface area (Å²) in [6.07, 6.45) is 3.50. The van der Waals surface area contributed by atoms with E-state index in [1.165, 1.54) is 6.42 Å². The highest BCUT2D eigenvalue weighted by Gasteiger charge is 2.39. The highest BCUT2D eigenvalue weighted by atomic mass is 16.1. The third kappa shape index (κ3) is 2.78. The van der Waals surface area contributed by atoms with Crippen LogP contribution in [-0.2, 0) is 0 Å². The second-order valence-corrected chi connectivity index (χ2v) is 5.85. The zero-order valence-electron chi connectivity index (χ0n) is 12.5. The van der Waals surface area contributed by atoms with Crippen LogP contribution in [0, 0.1) is 6.92 Å². The van der Waals surface area contributed by atoms with E-state index in [0.717, 1.165) is 18.4 Å². The predicted octanol–water partition coefficient (Wildman–Crippen LogP) is 1.49. The Labute approximate surface area is 120 Å². The lowest BCUT2D eigenvalue weighted by Crippen LogP contribution is -2.57. The predicted molar refractivity (Wildman–Crippen MR) is 81.6 cm³/mol. The van der Waals surface area contributed by atoms with Gasteiger partial charge in [0.1, 0.15) is 0 Å². The van der Waals surface area contributed by atoms with Crippen molar-refractivity contribution >= 4 is 11.6 Å². The number of nitrogens with one attached hydrogen (secondary N) is 2. The first kappa shape index (κ1) is 14.8. The number of amides is 1. The summed E-state index contributed by atoms with van der Waals surface area (Å²) in [5.41, 5.74) is 5.03. The van der Waals surface area contributed by atoms with Gasteiger partial charge >= 0.3 is 0 Å². The fourth-order valence-corrected chi connectivity index (χ4v) is 2.68. The molecule has 1 fully saturated rings. The van der Waals surface area contributed by atoms with Crippen LogP contribution in [0.4, 0.5) is 5.69 Å². The molecule has 0 radical (unpaired) electrons. The van der Waals surface area contributed by atoms with Gasteiger partial charge in [0.15, 0.2) is 0 Å². The van der Waals surface area contributed by atoms with Crippen LogP contribution in [0.5, 0.6) is 0 Å². The van der Waals surface area contributed by atoms with Crippen LogP contribution in [-0.4, -0.2) is 37.0 Å². The molecule has 4 N–H and O–H groups in total. The molecule has 1 aromatic rings. The number of nitrogens with two attached hydrogens (primary N) is 1. The molecule has 1 aromatic carbocycles. The zero-order valence-corrected chi connectivity index (χ0v) is 12.5. The number of anilines is 1. The van der Waals surface area contributed by atoms with Crippen LogP contribution in [0.15, 0.2) is 18.2 Å². The molecule has 0 heterocycles. The van der Waals surface area contributed by atoms with Gasteiger partial charge < -0.3 is 15.6 Å². The van der Waals surface area contributed by atoms with Crippen molar-refractivity contribution in [2.75, 3.05) is 26.1 Å². The van der Waals surface area contributed by atoms with E-state index < -0.39 is 0 Å². The van der Waals surface area contributed by atoms with E-state index in [2.05, 4.69) is 29.7 Å². The Morgan fingerprint density at radius 3 is 2.60 bits per heavy atom. The fourth-order valence-electron chi connectivity index (χ4n) is 2.68. The number of hydrogen-bond donors (Lipinski definition) is 3. The van der Waals surface area contributed by atoms with Gasteiger partial charge in [0.2, 0.25) is 0 Å². The van der Waals surface area contributed by atoms with Gasteiger partial charge in [0, 0.05) is 12.1 Å². The maximum absolute atomic E-state index is 12.3. The Bertz CT molecular complexity index is 495. The first-order chi connectivity index (χ1) is 9.48. The summed E-state index contributed by atoms with van der Waals surface area (Å²) in [5.74, 6) is 5.41. The summed E-state index contributed by atoms with van der Waals surface area (Å²) in [6, 6.07) is 5.60. The molecule has 1 saturated carbocycles. The van der Waals surface area contributed by atoms with E-state index in [9.17, 15) is 4.79 Å². The monoisotopic (exact) mass is 276 g/mol. The van der Waals surface area contributed by atoms with Crippen LogP contribution in [0.3, 0.4) is 0 Å². The van der Waals surface area contributed by atoms with Crippen molar-refractivity contribution in [2.45, 2.75) is 31.7 Å². The third-order valence-corrected chi connectivity index (χ3v) is 4.39. The van der Waals surface area contributed by atoms with Crippen molar-refractivity contribution in [3.05, 3.63) is 29.3 Å². The van der Waals surface area contributed by atoms with Gasteiger partial charge in [-0.25, -0.2) is 0 Å². The van der Waals surface area contributed by atoms with Gasteiger partial charge in [-0.1, -0.05) is 6.07 Å². The van der Waals surface area contributed by atoms with Crippen molar-refractivity contribution in [2.24, 2.45) is 5.84 Å². The lowest BCUT2D eigenvalue weighted by molar-refractivity contribution is 0.0558. The van der Waals surface area contributed by atoms with E-state index >= 15 is 0 Å². The summed E-state index contributed by atoms with van der Waals surface area (Å²) >= 11 is 0. The fraction of sp³-hybridized carbons (Fsp3) is 0.533. The number of likely N-dealkylation sites (N-methyl/N-ethyl adjacent to an activating group) is 1. The van der Waals surface area contributed by atoms with Gasteiger partial charge in [0.05, 0.1) is 11.3 Å². The van der Waals surface area contributed by atoms with E-state index in [4.69, 9.17) is 5.84 Å².